The molecule has 1 aliphatic carbocycles. The summed E-state index contributed by atoms with van der Waals surface area (Å²) < 4.78 is 5.36. The number of ether oxygens (including phenoxy) is 1. The average Bonchev–Trinajstić information content (AvgIpc) is 2.35. The van der Waals surface area contributed by atoms with Gasteiger partial charge in [0.1, 0.15) is 0 Å². The summed E-state index contributed by atoms with van der Waals surface area (Å²) in [5, 5.41) is 6.54. The van der Waals surface area contributed by atoms with Crippen LogP contribution in [0.3, 0.4) is 0 Å². The summed E-state index contributed by atoms with van der Waals surface area (Å²) in [6, 6.07) is 0. The van der Waals surface area contributed by atoms with E-state index in [1.54, 1.807) is 7.11 Å². The van der Waals surface area contributed by atoms with Crippen LogP contribution in [-0.4, -0.2) is 39.3 Å². The Morgan fingerprint density at radius 2 is 1.94 bits per heavy atom. The minimum atomic E-state index is -0.0961. The fourth-order valence-corrected chi connectivity index (χ4v) is 3.05. The van der Waals surface area contributed by atoms with E-state index >= 15 is 0 Å². The fourth-order valence-electron chi connectivity index (χ4n) is 3.05. The van der Waals surface area contributed by atoms with Crippen LogP contribution in [0.1, 0.15) is 39.0 Å². The van der Waals surface area contributed by atoms with Crippen molar-refractivity contribution >= 4 is 5.91 Å². The summed E-state index contributed by atoms with van der Waals surface area (Å²) in [4.78, 5) is 12.2. The van der Waals surface area contributed by atoms with Crippen molar-refractivity contribution in [3.63, 3.8) is 0 Å². The van der Waals surface area contributed by atoms with Crippen LogP contribution in [-0.2, 0) is 9.53 Å². The molecule has 2 fully saturated rings. The van der Waals surface area contributed by atoms with Crippen molar-refractivity contribution < 1.29 is 9.53 Å². The number of carbonyl (C=O) groups excluding carboxylic acids is 1. The van der Waals surface area contributed by atoms with E-state index in [9.17, 15) is 4.79 Å². The van der Waals surface area contributed by atoms with Gasteiger partial charge in [-0.3, -0.25) is 4.79 Å². The summed E-state index contributed by atoms with van der Waals surface area (Å²) in [5.74, 6) is 0.239. The summed E-state index contributed by atoms with van der Waals surface area (Å²) in [6.45, 7) is 5.63. The SMILES string of the molecule is COCC1(CNC(=O)C2(C)CCC2)CCNCC1. The van der Waals surface area contributed by atoms with Crippen LogP contribution in [0.2, 0.25) is 0 Å². The molecule has 2 aliphatic rings. The van der Waals surface area contributed by atoms with Crippen LogP contribution >= 0.6 is 0 Å². The quantitative estimate of drug-likeness (QED) is 0.778. The highest BCUT2D eigenvalue weighted by Gasteiger charge is 2.40. The van der Waals surface area contributed by atoms with Gasteiger partial charge in [-0.05, 0) is 38.8 Å². The normalized spacial score (nSPS) is 25.2. The molecule has 0 bridgehead atoms. The van der Waals surface area contributed by atoms with Gasteiger partial charge < -0.3 is 15.4 Å². The monoisotopic (exact) mass is 254 g/mol. The first-order valence-electron chi connectivity index (χ1n) is 7.08. The standard InChI is InChI=1S/C14H26N2O2/c1-13(4-3-5-13)12(17)16-10-14(11-18-2)6-8-15-9-7-14/h15H,3-11H2,1-2H3,(H,16,17). The van der Waals surface area contributed by atoms with Crippen molar-refractivity contribution in [2.45, 2.75) is 39.0 Å². The molecule has 1 heterocycles. The van der Waals surface area contributed by atoms with E-state index in [0.717, 1.165) is 51.9 Å². The van der Waals surface area contributed by atoms with Gasteiger partial charge in [-0.2, -0.15) is 0 Å². The number of piperidine rings is 1. The number of amides is 1. The van der Waals surface area contributed by atoms with E-state index in [0.29, 0.717) is 0 Å². The molecule has 0 radical (unpaired) electrons. The van der Waals surface area contributed by atoms with Crippen molar-refractivity contribution in [3.05, 3.63) is 0 Å². The maximum absolute atomic E-state index is 12.2. The smallest absolute Gasteiger partial charge is 0.225 e. The summed E-state index contributed by atoms with van der Waals surface area (Å²) >= 11 is 0. The number of hydrogen-bond donors (Lipinski definition) is 2. The van der Waals surface area contributed by atoms with Gasteiger partial charge in [0.2, 0.25) is 5.91 Å². The molecule has 1 amide bonds. The lowest BCUT2D eigenvalue weighted by molar-refractivity contribution is -0.135. The Balaban J connectivity index is 1.87. The van der Waals surface area contributed by atoms with Gasteiger partial charge >= 0.3 is 0 Å². The van der Waals surface area contributed by atoms with Crippen LogP contribution in [0.15, 0.2) is 0 Å². The summed E-state index contributed by atoms with van der Waals surface area (Å²) in [6.07, 6.45) is 5.43. The van der Waals surface area contributed by atoms with E-state index in [4.69, 9.17) is 4.74 Å². The molecular weight excluding hydrogens is 228 g/mol. The third-order valence-corrected chi connectivity index (χ3v) is 4.74. The Bertz CT molecular complexity index is 289. The van der Waals surface area contributed by atoms with E-state index in [1.807, 2.05) is 0 Å². The highest BCUT2D eigenvalue weighted by molar-refractivity contribution is 5.83. The molecule has 4 nitrogen and oxygen atoms in total. The number of rotatable bonds is 5. The molecule has 0 atom stereocenters. The molecule has 0 spiro atoms. The Morgan fingerprint density at radius 1 is 1.28 bits per heavy atom. The van der Waals surface area contributed by atoms with Gasteiger partial charge in [-0.1, -0.05) is 13.3 Å². The number of methoxy groups -OCH3 is 1. The van der Waals surface area contributed by atoms with Gasteiger partial charge in [0, 0.05) is 24.5 Å². The maximum atomic E-state index is 12.2. The predicted octanol–water partition coefficient (Wildman–Crippen LogP) is 1.31. The zero-order valence-corrected chi connectivity index (χ0v) is 11.7. The lowest BCUT2D eigenvalue weighted by Gasteiger charge is -2.40. The van der Waals surface area contributed by atoms with Gasteiger partial charge in [0.05, 0.1) is 6.61 Å². The second-order valence-corrected chi connectivity index (χ2v) is 6.28. The largest absolute Gasteiger partial charge is 0.384 e. The Morgan fingerprint density at radius 3 is 2.44 bits per heavy atom. The second-order valence-electron chi connectivity index (χ2n) is 6.28. The zero-order valence-electron chi connectivity index (χ0n) is 11.7. The maximum Gasteiger partial charge on any atom is 0.225 e. The van der Waals surface area contributed by atoms with Crippen LogP contribution in [0.4, 0.5) is 0 Å². The highest BCUT2D eigenvalue weighted by Crippen LogP contribution is 2.40. The van der Waals surface area contributed by atoms with Crippen LogP contribution < -0.4 is 10.6 Å². The number of nitrogens with one attached hydrogen (secondary N) is 2. The molecule has 1 saturated carbocycles. The summed E-state index contributed by atoms with van der Waals surface area (Å²) in [7, 11) is 1.75. The molecule has 18 heavy (non-hydrogen) atoms. The minimum Gasteiger partial charge on any atom is -0.384 e. The Kier molecular flexibility index (Phi) is 4.28. The number of hydrogen-bond acceptors (Lipinski definition) is 3. The molecule has 4 heteroatoms. The van der Waals surface area contributed by atoms with Crippen molar-refractivity contribution in [1.82, 2.24) is 10.6 Å². The second kappa shape index (κ2) is 5.57. The van der Waals surface area contributed by atoms with E-state index in [-0.39, 0.29) is 16.7 Å². The molecule has 1 aliphatic heterocycles. The topological polar surface area (TPSA) is 50.4 Å². The Labute approximate surface area is 110 Å². The summed E-state index contributed by atoms with van der Waals surface area (Å²) in [5.41, 5.74) is 0.0386. The van der Waals surface area contributed by atoms with Crippen LogP contribution in [0.25, 0.3) is 0 Å². The number of carbonyl (C=O) groups is 1. The average molecular weight is 254 g/mol. The first-order valence-corrected chi connectivity index (χ1v) is 7.08. The molecular formula is C14H26N2O2. The van der Waals surface area contributed by atoms with Gasteiger partial charge in [-0.15, -0.1) is 0 Å². The van der Waals surface area contributed by atoms with Crippen molar-refractivity contribution in [2.75, 3.05) is 33.4 Å². The Hall–Kier alpha value is -0.610. The first-order chi connectivity index (χ1) is 8.60. The molecule has 1 saturated heterocycles. The molecule has 2 N–H and O–H groups in total. The van der Waals surface area contributed by atoms with Crippen molar-refractivity contribution in [1.29, 1.82) is 0 Å². The third kappa shape index (κ3) is 2.86. The minimum absolute atomic E-state index is 0.0961. The van der Waals surface area contributed by atoms with Crippen LogP contribution in [0, 0.1) is 10.8 Å². The van der Waals surface area contributed by atoms with Gasteiger partial charge in [0.25, 0.3) is 0 Å². The van der Waals surface area contributed by atoms with Crippen molar-refractivity contribution in [2.24, 2.45) is 10.8 Å². The lowest BCUT2D eigenvalue weighted by atomic mass is 9.69. The molecule has 0 aromatic heterocycles. The highest BCUT2D eigenvalue weighted by atomic mass is 16.5. The van der Waals surface area contributed by atoms with E-state index in [1.165, 1.54) is 6.42 Å². The molecule has 2 rings (SSSR count). The molecule has 0 aromatic rings. The molecule has 104 valence electrons. The van der Waals surface area contributed by atoms with Gasteiger partial charge in [0.15, 0.2) is 0 Å². The zero-order chi connectivity index (χ0) is 13.1. The molecule has 0 unspecified atom stereocenters. The fraction of sp³-hybridized carbons (Fsp3) is 0.929. The third-order valence-electron chi connectivity index (χ3n) is 4.74. The van der Waals surface area contributed by atoms with Crippen LogP contribution in [0.5, 0.6) is 0 Å². The predicted molar refractivity (Wildman–Crippen MR) is 71.4 cm³/mol. The lowest BCUT2D eigenvalue weighted by Crippen LogP contribution is -2.51. The van der Waals surface area contributed by atoms with E-state index in [2.05, 4.69) is 17.6 Å². The van der Waals surface area contributed by atoms with Gasteiger partial charge in [-0.25, -0.2) is 0 Å². The van der Waals surface area contributed by atoms with Crippen molar-refractivity contribution in [3.8, 4) is 0 Å². The van der Waals surface area contributed by atoms with E-state index < -0.39 is 0 Å². The first kappa shape index (κ1) is 13.8. The molecule has 0 aromatic carbocycles.